The van der Waals surface area contributed by atoms with Crippen molar-refractivity contribution in [2.24, 2.45) is 11.3 Å². The summed E-state index contributed by atoms with van der Waals surface area (Å²) in [5, 5.41) is 3.23. The molecule has 1 aromatic carbocycles. The van der Waals surface area contributed by atoms with Crippen LogP contribution in [-0.2, 0) is 22.4 Å². The Morgan fingerprint density at radius 3 is 2.73 bits per heavy atom. The smallest absolute Gasteiger partial charge is 0.231 e. The third kappa shape index (κ3) is 4.43. The topological polar surface area (TPSA) is 79.4 Å². The number of nitrogens with zero attached hydrogens (tertiary/aromatic N) is 2. The maximum Gasteiger partial charge on any atom is 0.231 e. The Hall–Kier alpha value is -2.61. The van der Waals surface area contributed by atoms with Gasteiger partial charge in [0, 0.05) is 25.9 Å². The number of ketones is 1. The van der Waals surface area contributed by atoms with Crippen molar-refractivity contribution >= 4 is 34.1 Å². The Balaban J connectivity index is 1.35. The van der Waals surface area contributed by atoms with Gasteiger partial charge < -0.3 is 10.2 Å². The number of amides is 2. The van der Waals surface area contributed by atoms with E-state index in [0.29, 0.717) is 42.4 Å². The Kier molecular flexibility index (Phi) is 5.44. The number of aromatic nitrogens is 1. The third-order valence-electron chi connectivity index (χ3n) is 5.63. The summed E-state index contributed by atoms with van der Waals surface area (Å²) in [6.07, 6.45) is 1.96. The number of hydrogen-bond donors (Lipinski definition) is 1. The molecule has 1 fully saturated rings. The van der Waals surface area contributed by atoms with E-state index < -0.39 is 5.92 Å². The van der Waals surface area contributed by atoms with Crippen LogP contribution in [-0.4, -0.2) is 40.6 Å². The summed E-state index contributed by atoms with van der Waals surface area (Å²) >= 11 is 1.22. The lowest BCUT2D eigenvalue weighted by molar-refractivity contribution is -0.128. The third-order valence-corrected chi connectivity index (χ3v) is 6.69. The molecule has 8 heteroatoms. The van der Waals surface area contributed by atoms with Gasteiger partial charge in [-0.25, -0.2) is 9.37 Å². The molecule has 1 N–H and O–H groups in total. The van der Waals surface area contributed by atoms with Crippen molar-refractivity contribution in [2.75, 3.05) is 18.4 Å². The predicted molar refractivity (Wildman–Crippen MR) is 112 cm³/mol. The Bertz CT molecular complexity index is 1000. The molecule has 0 spiro atoms. The highest BCUT2D eigenvalue weighted by Gasteiger charge is 2.36. The molecule has 2 aliphatic rings. The summed E-state index contributed by atoms with van der Waals surface area (Å²) in [7, 11) is 0. The van der Waals surface area contributed by atoms with Gasteiger partial charge >= 0.3 is 0 Å². The molecule has 1 aromatic heterocycles. The van der Waals surface area contributed by atoms with Crippen LogP contribution in [0.15, 0.2) is 24.3 Å². The van der Waals surface area contributed by atoms with Gasteiger partial charge in [-0.3, -0.25) is 14.4 Å². The quantitative estimate of drug-likeness (QED) is 0.789. The summed E-state index contributed by atoms with van der Waals surface area (Å²) in [5.74, 6) is -0.971. The van der Waals surface area contributed by atoms with Crippen LogP contribution >= 0.6 is 11.3 Å². The lowest BCUT2D eigenvalue weighted by Crippen LogP contribution is -2.30. The molecular weight excluding hydrogens is 405 g/mol. The van der Waals surface area contributed by atoms with Gasteiger partial charge in [0.15, 0.2) is 10.9 Å². The van der Waals surface area contributed by atoms with Crippen LogP contribution in [0.2, 0.25) is 0 Å². The molecule has 0 bridgehead atoms. The van der Waals surface area contributed by atoms with E-state index in [1.54, 1.807) is 17.0 Å². The van der Waals surface area contributed by atoms with Crippen LogP contribution in [0.4, 0.5) is 9.52 Å². The fourth-order valence-electron chi connectivity index (χ4n) is 4.06. The molecule has 1 atom stereocenters. The standard InChI is InChI=1S/C22H24FN3O3S/c1-22(2)10-16-19(17(27)11-22)30-21(24-16)25-20(29)14-9-18(28)26(12-14)8-7-13-3-5-15(23)6-4-13/h3-6,14H,7-12H2,1-2H3,(H,24,25,29)/t14-/m0/s1. The summed E-state index contributed by atoms with van der Waals surface area (Å²) < 4.78 is 13.0. The van der Waals surface area contributed by atoms with Crippen LogP contribution in [0.1, 0.15) is 47.6 Å². The number of rotatable bonds is 5. The molecule has 4 rings (SSSR count). The van der Waals surface area contributed by atoms with E-state index in [9.17, 15) is 18.8 Å². The number of fused-ring (bicyclic) bond motifs is 1. The van der Waals surface area contributed by atoms with Crippen molar-refractivity contribution in [3.05, 3.63) is 46.2 Å². The molecule has 158 valence electrons. The molecule has 2 aromatic rings. The van der Waals surface area contributed by atoms with E-state index in [1.807, 2.05) is 13.8 Å². The minimum atomic E-state index is -0.446. The molecule has 0 radical (unpaired) electrons. The van der Waals surface area contributed by atoms with Crippen LogP contribution in [0.3, 0.4) is 0 Å². The number of nitrogens with one attached hydrogen (secondary N) is 1. The summed E-state index contributed by atoms with van der Waals surface area (Å²) in [6, 6.07) is 6.20. The first kappa shape index (κ1) is 20.7. The van der Waals surface area contributed by atoms with Crippen molar-refractivity contribution < 1.29 is 18.8 Å². The van der Waals surface area contributed by atoms with Gasteiger partial charge in [0.25, 0.3) is 0 Å². The van der Waals surface area contributed by atoms with E-state index in [0.717, 1.165) is 11.3 Å². The van der Waals surface area contributed by atoms with Gasteiger partial charge in [-0.2, -0.15) is 0 Å². The fourth-order valence-corrected chi connectivity index (χ4v) is 4.98. The molecule has 0 unspecified atom stereocenters. The Labute approximate surface area is 178 Å². The number of carbonyl (C=O) groups excluding carboxylic acids is 3. The molecule has 1 aliphatic heterocycles. The van der Waals surface area contributed by atoms with E-state index in [-0.39, 0.29) is 35.3 Å². The summed E-state index contributed by atoms with van der Waals surface area (Å²) in [6.45, 7) is 4.92. The van der Waals surface area contributed by atoms with Crippen molar-refractivity contribution in [1.29, 1.82) is 0 Å². The number of hydrogen-bond acceptors (Lipinski definition) is 5. The van der Waals surface area contributed by atoms with Crippen LogP contribution in [0.25, 0.3) is 0 Å². The number of carbonyl (C=O) groups is 3. The first-order valence-electron chi connectivity index (χ1n) is 10.1. The maximum atomic E-state index is 13.0. The second kappa shape index (κ2) is 7.91. The van der Waals surface area contributed by atoms with E-state index in [1.165, 1.54) is 23.5 Å². The van der Waals surface area contributed by atoms with Gasteiger partial charge in [-0.15, -0.1) is 0 Å². The normalized spacial score (nSPS) is 20.4. The highest BCUT2D eigenvalue weighted by molar-refractivity contribution is 7.17. The van der Waals surface area contributed by atoms with Crippen LogP contribution in [0, 0.1) is 17.2 Å². The monoisotopic (exact) mass is 429 g/mol. The molecule has 2 heterocycles. The van der Waals surface area contributed by atoms with Gasteiger partial charge in [0.1, 0.15) is 5.82 Å². The molecule has 1 saturated heterocycles. The zero-order valence-electron chi connectivity index (χ0n) is 17.0. The zero-order valence-corrected chi connectivity index (χ0v) is 17.9. The average molecular weight is 430 g/mol. The second-order valence-electron chi connectivity index (χ2n) is 8.84. The van der Waals surface area contributed by atoms with Crippen molar-refractivity contribution in [2.45, 2.75) is 39.5 Å². The number of halogens is 1. The summed E-state index contributed by atoms with van der Waals surface area (Å²) in [5.41, 5.74) is 1.57. The lowest BCUT2D eigenvalue weighted by Gasteiger charge is -2.26. The molecule has 30 heavy (non-hydrogen) atoms. The zero-order chi connectivity index (χ0) is 21.5. The summed E-state index contributed by atoms with van der Waals surface area (Å²) in [4.78, 5) is 44.1. The molecule has 2 amide bonds. The van der Waals surface area contributed by atoms with Crippen molar-refractivity contribution in [1.82, 2.24) is 9.88 Å². The van der Waals surface area contributed by atoms with Gasteiger partial charge in [-0.1, -0.05) is 37.3 Å². The van der Waals surface area contributed by atoms with E-state index >= 15 is 0 Å². The van der Waals surface area contributed by atoms with Crippen molar-refractivity contribution in [3.63, 3.8) is 0 Å². The number of anilines is 1. The fraction of sp³-hybridized carbons (Fsp3) is 0.455. The van der Waals surface area contributed by atoms with Gasteiger partial charge in [-0.05, 0) is 36.0 Å². The number of thiazole rings is 1. The first-order valence-corrected chi connectivity index (χ1v) is 10.9. The lowest BCUT2D eigenvalue weighted by atomic mass is 9.78. The predicted octanol–water partition coefficient (Wildman–Crippen LogP) is 3.47. The molecule has 6 nitrogen and oxygen atoms in total. The number of likely N-dealkylation sites (tertiary alicyclic amines) is 1. The van der Waals surface area contributed by atoms with Crippen molar-refractivity contribution in [3.8, 4) is 0 Å². The highest BCUT2D eigenvalue weighted by Crippen LogP contribution is 2.38. The second-order valence-corrected chi connectivity index (χ2v) is 9.84. The SMILES string of the molecule is CC1(C)CC(=O)c2sc(NC(=O)[C@H]3CC(=O)N(CCc4ccc(F)cc4)C3)nc2C1. The van der Waals surface area contributed by atoms with Crippen LogP contribution in [0.5, 0.6) is 0 Å². The minimum Gasteiger partial charge on any atom is -0.342 e. The van der Waals surface area contributed by atoms with Gasteiger partial charge in [0.2, 0.25) is 11.8 Å². The average Bonchev–Trinajstić information content (AvgIpc) is 3.23. The van der Waals surface area contributed by atoms with Gasteiger partial charge in [0.05, 0.1) is 16.5 Å². The van der Waals surface area contributed by atoms with E-state index in [4.69, 9.17) is 0 Å². The largest absolute Gasteiger partial charge is 0.342 e. The molecule has 1 aliphatic carbocycles. The highest BCUT2D eigenvalue weighted by atomic mass is 32.1. The first-order chi connectivity index (χ1) is 14.2. The maximum absolute atomic E-state index is 13.0. The minimum absolute atomic E-state index is 0.0624. The Morgan fingerprint density at radius 1 is 1.27 bits per heavy atom. The molecule has 0 saturated carbocycles. The van der Waals surface area contributed by atoms with E-state index in [2.05, 4.69) is 10.3 Å². The molecular formula is C22H24FN3O3S. The number of benzene rings is 1. The van der Waals surface area contributed by atoms with Crippen LogP contribution < -0.4 is 5.32 Å². The number of Topliss-reactive ketones (excluding diaryl/α,β-unsaturated/α-hetero) is 1. The Morgan fingerprint density at radius 2 is 2.00 bits per heavy atom.